The van der Waals surface area contributed by atoms with Gasteiger partial charge in [-0.25, -0.2) is 8.78 Å². The molecule has 6 nitrogen and oxygen atoms in total. The van der Waals surface area contributed by atoms with Crippen LogP contribution < -0.4 is 5.73 Å². The Morgan fingerprint density at radius 3 is 2.77 bits per heavy atom. The highest BCUT2D eigenvalue weighted by Gasteiger charge is 2.16. The first-order valence-electron chi connectivity index (χ1n) is 6.31. The molecule has 2 aromatic heterocycles. The van der Waals surface area contributed by atoms with Crippen LogP contribution in [-0.2, 0) is 6.54 Å². The minimum atomic E-state index is -0.549. The zero-order valence-corrected chi connectivity index (χ0v) is 11.3. The smallest absolute Gasteiger partial charge is 0.143 e. The molecule has 3 aromatic rings. The van der Waals surface area contributed by atoms with Gasteiger partial charge in [0.05, 0.1) is 12.2 Å². The molecule has 3 rings (SSSR count). The van der Waals surface area contributed by atoms with E-state index in [0.717, 1.165) is 18.2 Å². The number of nitrogens with one attached hydrogen (secondary N) is 1. The van der Waals surface area contributed by atoms with Gasteiger partial charge in [0.1, 0.15) is 35.1 Å². The fourth-order valence-corrected chi connectivity index (χ4v) is 2.05. The van der Waals surface area contributed by atoms with Crippen LogP contribution in [0.1, 0.15) is 11.3 Å². The lowest BCUT2D eigenvalue weighted by Crippen LogP contribution is -2.13. The van der Waals surface area contributed by atoms with Crippen LogP contribution >= 0.6 is 0 Å². The van der Waals surface area contributed by atoms with E-state index in [1.807, 2.05) is 0 Å². The van der Waals surface area contributed by atoms with Crippen molar-refractivity contribution in [2.75, 3.05) is 0 Å². The zero-order valence-electron chi connectivity index (χ0n) is 11.3. The fourth-order valence-electron chi connectivity index (χ4n) is 2.05. The van der Waals surface area contributed by atoms with Gasteiger partial charge in [-0.1, -0.05) is 5.16 Å². The molecule has 0 amide bonds. The second kappa shape index (κ2) is 5.40. The number of aromatic nitrogens is 3. The monoisotopic (exact) mass is 303 g/mol. The van der Waals surface area contributed by atoms with E-state index in [1.54, 1.807) is 6.07 Å². The summed E-state index contributed by atoms with van der Waals surface area (Å²) in [6.07, 6.45) is 1.38. The van der Waals surface area contributed by atoms with Crippen molar-refractivity contribution < 1.29 is 13.3 Å². The van der Waals surface area contributed by atoms with Crippen LogP contribution in [0, 0.1) is 17.0 Å². The third kappa shape index (κ3) is 2.58. The largest absolute Gasteiger partial charge is 0.382 e. The number of benzene rings is 1. The van der Waals surface area contributed by atoms with Gasteiger partial charge in [-0.15, -0.1) is 0 Å². The number of halogens is 2. The summed E-state index contributed by atoms with van der Waals surface area (Å²) in [4.78, 5) is 0. The van der Waals surface area contributed by atoms with Gasteiger partial charge in [0.15, 0.2) is 0 Å². The van der Waals surface area contributed by atoms with Gasteiger partial charge in [-0.2, -0.15) is 5.10 Å². The second-order valence-corrected chi connectivity index (χ2v) is 4.61. The number of nitrogen functional groups attached to an aromatic ring is 1. The average molecular weight is 303 g/mol. The molecule has 0 atom stereocenters. The number of hydrogen-bond donors (Lipinski definition) is 2. The number of nitrogens with zero attached hydrogens (tertiary/aromatic N) is 3. The summed E-state index contributed by atoms with van der Waals surface area (Å²) in [6, 6.07) is 6.32. The van der Waals surface area contributed by atoms with Crippen molar-refractivity contribution in [1.29, 1.82) is 5.41 Å². The molecule has 22 heavy (non-hydrogen) atoms. The summed E-state index contributed by atoms with van der Waals surface area (Å²) in [5.41, 5.74) is 6.72. The lowest BCUT2D eigenvalue weighted by molar-refractivity contribution is 0.421. The maximum Gasteiger partial charge on any atom is 0.143 e. The predicted molar refractivity (Wildman–Crippen MR) is 74.2 cm³/mol. The van der Waals surface area contributed by atoms with Gasteiger partial charge in [0.2, 0.25) is 0 Å². The van der Waals surface area contributed by atoms with E-state index < -0.39 is 11.6 Å². The van der Waals surface area contributed by atoms with E-state index in [4.69, 9.17) is 15.7 Å². The molecule has 0 unspecified atom stereocenters. The standard InChI is InChI=1S/C14H11F2N5O/c15-9-1-2-10(16)8(5-9)7-21-13(11-3-4-22-20-11)6-12(19-21)14(17)18/h1-6H,7H2,(H3,17,18). The van der Waals surface area contributed by atoms with Crippen molar-refractivity contribution in [3.8, 4) is 11.4 Å². The first kappa shape index (κ1) is 13.9. The van der Waals surface area contributed by atoms with E-state index in [1.165, 1.54) is 17.0 Å². The number of hydrogen-bond acceptors (Lipinski definition) is 4. The molecule has 2 heterocycles. The lowest BCUT2D eigenvalue weighted by Gasteiger charge is -2.07. The van der Waals surface area contributed by atoms with Crippen LogP contribution in [0.4, 0.5) is 8.78 Å². The van der Waals surface area contributed by atoms with E-state index in [2.05, 4.69) is 10.3 Å². The van der Waals surface area contributed by atoms with Gasteiger partial charge in [-0.3, -0.25) is 10.1 Å². The van der Waals surface area contributed by atoms with Crippen molar-refractivity contribution in [3.05, 3.63) is 59.5 Å². The highest BCUT2D eigenvalue weighted by atomic mass is 19.1. The van der Waals surface area contributed by atoms with Crippen molar-refractivity contribution in [1.82, 2.24) is 14.9 Å². The molecule has 0 bridgehead atoms. The Hall–Kier alpha value is -3.03. The Balaban J connectivity index is 2.06. The van der Waals surface area contributed by atoms with E-state index in [9.17, 15) is 8.78 Å². The van der Waals surface area contributed by atoms with Crippen LogP contribution in [0.3, 0.4) is 0 Å². The lowest BCUT2D eigenvalue weighted by atomic mass is 10.2. The van der Waals surface area contributed by atoms with Crippen LogP contribution in [0.5, 0.6) is 0 Å². The molecule has 0 fully saturated rings. The fraction of sp³-hybridized carbons (Fsp3) is 0.0714. The minimum Gasteiger partial charge on any atom is -0.382 e. The molecule has 112 valence electrons. The van der Waals surface area contributed by atoms with Gasteiger partial charge >= 0.3 is 0 Å². The maximum atomic E-state index is 13.8. The van der Waals surface area contributed by atoms with Crippen LogP contribution in [0.15, 0.2) is 41.1 Å². The Bertz CT molecular complexity index is 826. The number of rotatable bonds is 4. The first-order valence-corrected chi connectivity index (χ1v) is 6.31. The number of amidine groups is 1. The summed E-state index contributed by atoms with van der Waals surface area (Å²) < 4.78 is 33.2. The molecule has 0 aliphatic rings. The van der Waals surface area contributed by atoms with Gasteiger partial charge in [0, 0.05) is 11.6 Å². The molecule has 1 aromatic carbocycles. The molecule has 8 heteroatoms. The molecule has 0 aliphatic heterocycles. The quantitative estimate of drug-likeness (QED) is 0.570. The highest BCUT2D eigenvalue weighted by molar-refractivity contribution is 5.94. The molecule has 0 spiro atoms. The Morgan fingerprint density at radius 2 is 2.09 bits per heavy atom. The van der Waals surface area contributed by atoms with Gasteiger partial charge < -0.3 is 10.3 Å². The van der Waals surface area contributed by atoms with Crippen molar-refractivity contribution in [2.24, 2.45) is 5.73 Å². The average Bonchev–Trinajstić information content (AvgIpc) is 3.11. The molecule has 0 saturated carbocycles. The normalized spacial score (nSPS) is 10.8. The van der Waals surface area contributed by atoms with E-state index >= 15 is 0 Å². The summed E-state index contributed by atoms with van der Waals surface area (Å²) in [7, 11) is 0. The molecular weight excluding hydrogens is 292 g/mol. The van der Waals surface area contributed by atoms with Gasteiger partial charge in [-0.05, 0) is 24.3 Å². The Morgan fingerprint density at radius 1 is 1.27 bits per heavy atom. The highest BCUT2D eigenvalue weighted by Crippen LogP contribution is 2.21. The topological polar surface area (TPSA) is 93.7 Å². The predicted octanol–water partition coefficient (Wildman–Crippen LogP) is 2.15. The van der Waals surface area contributed by atoms with Crippen LogP contribution in [-0.4, -0.2) is 20.8 Å². The first-order chi connectivity index (χ1) is 10.5. The summed E-state index contributed by atoms with van der Waals surface area (Å²) >= 11 is 0. The van der Waals surface area contributed by atoms with E-state index in [-0.39, 0.29) is 23.6 Å². The maximum absolute atomic E-state index is 13.8. The third-order valence-electron chi connectivity index (χ3n) is 3.08. The zero-order chi connectivity index (χ0) is 15.7. The molecule has 3 N–H and O–H groups in total. The van der Waals surface area contributed by atoms with Crippen LogP contribution in [0.25, 0.3) is 11.4 Å². The minimum absolute atomic E-state index is 0.0287. The second-order valence-electron chi connectivity index (χ2n) is 4.61. The molecule has 0 aliphatic carbocycles. The van der Waals surface area contributed by atoms with Crippen molar-refractivity contribution >= 4 is 5.84 Å². The Labute approximate surface area is 123 Å². The summed E-state index contributed by atoms with van der Waals surface area (Å²) in [5.74, 6) is -1.33. The molecule has 0 saturated heterocycles. The third-order valence-corrected chi connectivity index (χ3v) is 3.08. The van der Waals surface area contributed by atoms with Crippen molar-refractivity contribution in [3.63, 3.8) is 0 Å². The van der Waals surface area contributed by atoms with Crippen LogP contribution in [0.2, 0.25) is 0 Å². The Kier molecular flexibility index (Phi) is 3.42. The summed E-state index contributed by atoms with van der Waals surface area (Å²) in [6.45, 7) is -0.0287. The number of nitrogens with two attached hydrogens (primary N) is 1. The molecular formula is C14H11F2N5O. The van der Waals surface area contributed by atoms with Gasteiger partial charge in [0.25, 0.3) is 0 Å². The van der Waals surface area contributed by atoms with E-state index in [0.29, 0.717) is 11.4 Å². The van der Waals surface area contributed by atoms with Crippen molar-refractivity contribution in [2.45, 2.75) is 6.54 Å². The SMILES string of the molecule is N=C(N)c1cc(-c2ccon2)n(Cc2cc(F)ccc2F)n1. The molecule has 0 radical (unpaired) electrons. The summed E-state index contributed by atoms with van der Waals surface area (Å²) in [5, 5.41) is 15.4.